The number of rotatable bonds is 3. The second-order valence-corrected chi connectivity index (χ2v) is 5.83. The molecule has 11 heteroatoms. The van der Waals surface area contributed by atoms with Crippen LogP contribution in [0.15, 0.2) is 12.1 Å². The van der Waals surface area contributed by atoms with Gasteiger partial charge in [0, 0.05) is 17.7 Å². The number of halogens is 3. The van der Waals surface area contributed by atoms with Gasteiger partial charge in [-0.1, -0.05) is 0 Å². The average Bonchev–Trinajstić information content (AvgIpc) is 2.37. The Morgan fingerprint density at radius 3 is 2.50 bits per heavy atom. The van der Waals surface area contributed by atoms with E-state index in [4.69, 9.17) is 5.11 Å². The van der Waals surface area contributed by atoms with Gasteiger partial charge in [0.2, 0.25) is 0 Å². The highest BCUT2D eigenvalue weighted by atomic mass is 32.2. The third-order valence-corrected chi connectivity index (χ3v) is 3.81. The summed E-state index contributed by atoms with van der Waals surface area (Å²) in [5.41, 5.74) is -6.57. The summed E-state index contributed by atoms with van der Waals surface area (Å²) in [4.78, 5) is 22.6. The average molecular weight is 339 g/mol. The van der Waals surface area contributed by atoms with E-state index in [1.807, 2.05) is 0 Å². The minimum Gasteiger partial charge on any atom is -0.478 e. The van der Waals surface area contributed by atoms with Gasteiger partial charge in [-0.25, -0.2) is 4.79 Å². The van der Waals surface area contributed by atoms with Gasteiger partial charge in [0.1, 0.15) is 5.75 Å². The molecule has 1 aromatic carbocycles. The van der Waals surface area contributed by atoms with Crippen molar-refractivity contribution in [2.45, 2.75) is 11.9 Å². The van der Waals surface area contributed by atoms with E-state index in [-0.39, 0.29) is 24.1 Å². The Kier molecular flexibility index (Phi) is 3.77. The van der Waals surface area contributed by atoms with Crippen LogP contribution in [0.25, 0.3) is 0 Å². The Hall–Kier alpha value is -2.30. The van der Waals surface area contributed by atoms with Crippen molar-refractivity contribution in [1.29, 1.82) is 0 Å². The Bertz CT molecular complexity index is 756. The molecule has 1 amide bonds. The van der Waals surface area contributed by atoms with Gasteiger partial charge in [0.25, 0.3) is 5.91 Å². The van der Waals surface area contributed by atoms with Crippen LogP contribution in [0.1, 0.15) is 26.3 Å². The van der Waals surface area contributed by atoms with Crippen LogP contribution >= 0.6 is 0 Å². The maximum atomic E-state index is 12.4. The molecule has 22 heavy (non-hydrogen) atoms. The van der Waals surface area contributed by atoms with Crippen LogP contribution in [0.4, 0.5) is 13.2 Å². The number of hydrogen-bond donors (Lipinski definition) is 2. The van der Waals surface area contributed by atoms with Gasteiger partial charge in [-0.15, -0.1) is 0 Å². The van der Waals surface area contributed by atoms with Gasteiger partial charge in [0.15, 0.2) is 0 Å². The quantitative estimate of drug-likeness (QED) is 0.625. The zero-order valence-corrected chi connectivity index (χ0v) is 11.4. The molecule has 1 heterocycles. The molecule has 0 fully saturated rings. The van der Waals surface area contributed by atoms with E-state index < -0.39 is 38.8 Å². The first-order valence-corrected chi connectivity index (χ1v) is 7.13. The van der Waals surface area contributed by atoms with Crippen LogP contribution in [0.5, 0.6) is 5.75 Å². The number of carbonyl (C=O) groups is 2. The summed E-state index contributed by atoms with van der Waals surface area (Å²) in [7, 11) is -5.97. The Morgan fingerprint density at radius 2 is 1.95 bits per heavy atom. The van der Waals surface area contributed by atoms with E-state index in [1.54, 1.807) is 0 Å². The van der Waals surface area contributed by atoms with E-state index in [0.29, 0.717) is 6.07 Å². The Balaban J connectivity index is 2.60. The maximum absolute atomic E-state index is 12.4. The number of amides is 1. The van der Waals surface area contributed by atoms with Crippen LogP contribution in [0.3, 0.4) is 0 Å². The van der Waals surface area contributed by atoms with Crippen molar-refractivity contribution >= 4 is 22.0 Å². The molecule has 0 saturated carbocycles. The molecule has 0 radical (unpaired) electrons. The molecule has 0 saturated heterocycles. The number of carboxylic acid groups (broad SMARTS) is 1. The standard InChI is InChI=1S/C11H8F3NO6S/c12-11(13,14)22(19,20)21-8-4-5(10(17)18)3-7-6(8)1-2-15-9(7)16/h3-4H,1-2H2,(H,15,16)(H,17,18). The van der Waals surface area contributed by atoms with Gasteiger partial charge in [-0.2, -0.15) is 21.6 Å². The fraction of sp³-hybridized carbons (Fsp3) is 0.273. The molecule has 0 unspecified atom stereocenters. The predicted octanol–water partition coefficient (Wildman–Crippen LogP) is 0.899. The number of nitrogens with one attached hydrogen (secondary N) is 1. The molecule has 2 rings (SSSR count). The minimum absolute atomic E-state index is 0.00365. The van der Waals surface area contributed by atoms with Gasteiger partial charge in [-0.05, 0) is 18.6 Å². The molecule has 1 aliphatic rings. The monoisotopic (exact) mass is 339 g/mol. The molecule has 2 N–H and O–H groups in total. The van der Waals surface area contributed by atoms with Crippen molar-refractivity contribution in [3.63, 3.8) is 0 Å². The molecular weight excluding hydrogens is 331 g/mol. The number of hydrogen-bond acceptors (Lipinski definition) is 5. The van der Waals surface area contributed by atoms with E-state index in [0.717, 1.165) is 6.07 Å². The fourth-order valence-electron chi connectivity index (χ4n) is 1.87. The van der Waals surface area contributed by atoms with E-state index >= 15 is 0 Å². The summed E-state index contributed by atoms with van der Waals surface area (Å²) < 4.78 is 63.3. The lowest BCUT2D eigenvalue weighted by Crippen LogP contribution is -2.34. The highest BCUT2D eigenvalue weighted by molar-refractivity contribution is 7.88. The van der Waals surface area contributed by atoms with Crippen LogP contribution in [-0.2, 0) is 16.5 Å². The normalized spacial score (nSPS) is 15.0. The minimum atomic E-state index is -5.97. The molecule has 0 bridgehead atoms. The van der Waals surface area contributed by atoms with E-state index in [1.165, 1.54) is 0 Å². The zero-order chi connectivity index (χ0) is 16.7. The summed E-state index contributed by atoms with van der Waals surface area (Å²) in [5, 5.41) is 11.3. The first-order valence-electron chi connectivity index (χ1n) is 5.72. The molecule has 1 aromatic rings. The zero-order valence-electron chi connectivity index (χ0n) is 10.6. The number of aromatic carboxylic acids is 1. The Morgan fingerprint density at radius 1 is 1.32 bits per heavy atom. The number of carboxylic acids is 1. The maximum Gasteiger partial charge on any atom is 0.534 e. The van der Waals surface area contributed by atoms with Crippen molar-refractivity contribution in [3.05, 3.63) is 28.8 Å². The molecule has 7 nitrogen and oxygen atoms in total. The molecule has 120 valence electrons. The molecule has 0 aliphatic carbocycles. The van der Waals surface area contributed by atoms with Crippen LogP contribution in [0, 0.1) is 0 Å². The molecular formula is C11H8F3NO6S. The van der Waals surface area contributed by atoms with Crippen molar-refractivity contribution in [2.24, 2.45) is 0 Å². The third kappa shape index (κ3) is 2.84. The van der Waals surface area contributed by atoms with Crippen LogP contribution < -0.4 is 9.50 Å². The fourth-order valence-corrected chi connectivity index (χ4v) is 2.34. The molecule has 0 spiro atoms. The lowest BCUT2D eigenvalue weighted by Gasteiger charge is -2.20. The second-order valence-electron chi connectivity index (χ2n) is 4.29. The lowest BCUT2D eigenvalue weighted by atomic mass is 9.97. The summed E-state index contributed by atoms with van der Waals surface area (Å²) in [6.07, 6.45) is 0.00365. The highest BCUT2D eigenvalue weighted by Crippen LogP contribution is 2.32. The number of fused-ring (bicyclic) bond motifs is 1. The first kappa shape index (κ1) is 16.1. The van der Waals surface area contributed by atoms with E-state index in [9.17, 15) is 31.2 Å². The Labute approximate surface area is 121 Å². The van der Waals surface area contributed by atoms with Gasteiger partial charge in [0.05, 0.1) is 5.56 Å². The van der Waals surface area contributed by atoms with Crippen molar-refractivity contribution < 1.29 is 40.5 Å². The van der Waals surface area contributed by atoms with Crippen molar-refractivity contribution in [3.8, 4) is 5.75 Å². The van der Waals surface area contributed by atoms with Crippen molar-refractivity contribution in [2.75, 3.05) is 6.54 Å². The summed E-state index contributed by atoms with van der Waals surface area (Å²) in [5.74, 6) is -3.09. The smallest absolute Gasteiger partial charge is 0.478 e. The SMILES string of the molecule is O=C(O)c1cc(OS(=O)(=O)C(F)(F)F)c2c(c1)C(=O)NCC2. The van der Waals surface area contributed by atoms with Gasteiger partial charge in [-0.3, -0.25) is 4.79 Å². The van der Waals surface area contributed by atoms with Gasteiger partial charge < -0.3 is 14.6 Å². The molecule has 0 aromatic heterocycles. The highest BCUT2D eigenvalue weighted by Gasteiger charge is 2.49. The molecule has 0 atom stereocenters. The predicted molar refractivity (Wildman–Crippen MR) is 65.0 cm³/mol. The van der Waals surface area contributed by atoms with Crippen LogP contribution in [0.2, 0.25) is 0 Å². The number of carbonyl (C=O) groups excluding carboxylic acids is 1. The van der Waals surface area contributed by atoms with Crippen LogP contribution in [-0.4, -0.2) is 37.5 Å². The van der Waals surface area contributed by atoms with E-state index in [2.05, 4.69) is 9.50 Å². The number of benzene rings is 1. The summed E-state index contributed by atoms with van der Waals surface area (Å²) in [6.45, 7) is 0.0562. The lowest BCUT2D eigenvalue weighted by molar-refractivity contribution is -0.0500. The van der Waals surface area contributed by atoms with Gasteiger partial charge >= 0.3 is 21.6 Å². The first-order chi connectivity index (χ1) is 10.0. The third-order valence-electron chi connectivity index (χ3n) is 2.84. The largest absolute Gasteiger partial charge is 0.534 e. The number of alkyl halides is 3. The summed E-state index contributed by atoms with van der Waals surface area (Å²) >= 11 is 0. The summed E-state index contributed by atoms with van der Waals surface area (Å²) in [6, 6.07) is 1.59. The van der Waals surface area contributed by atoms with Crippen molar-refractivity contribution in [1.82, 2.24) is 5.32 Å². The second kappa shape index (κ2) is 5.16. The topological polar surface area (TPSA) is 110 Å². The molecule has 1 aliphatic heterocycles.